The first kappa shape index (κ1) is 14.9. The van der Waals surface area contributed by atoms with Gasteiger partial charge in [-0.25, -0.2) is 0 Å². The van der Waals surface area contributed by atoms with Crippen LogP contribution < -0.4 is 10.5 Å². The Morgan fingerprint density at radius 1 is 1.48 bits per heavy atom. The number of hydrogen-bond acceptors (Lipinski definition) is 5. The van der Waals surface area contributed by atoms with E-state index in [1.807, 2.05) is 12.1 Å². The van der Waals surface area contributed by atoms with E-state index >= 15 is 0 Å². The van der Waals surface area contributed by atoms with Gasteiger partial charge in [-0.2, -0.15) is 0 Å². The number of benzene rings is 1. The molecule has 1 atom stereocenters. The largest absolute Gasteiger partial charge is 0.489 e. The summed E-state index contributed by atoms with van der Waals surface area (Å²) in [6.45, 7) is 3.33. The molecular formula is C14H17BrN4OS. The SMILES string of the molecule is CCn1c(CN)nnc1SCC1Cc2cc(Br)ccc2O1. The number of fused-ring (bicyclic) bond motifs is 1. The van der Waals surface area contributed by atoms with Crippen molar-refractivity contribution in [2.24, 2.45) is 5.73 Å². The maximum Gasteiger partial charge on any atom is 0.191 e. The van der Waals surface area contributed by atoms with Crippen LogP contribution >= 0.6 is 27.7 Å². The number of thioether (sulfide) groups is 1. The fourth-order valence-corrected chi connectivity index (χ4v) is 3.86. The van der Waals surface area contributed by atoms with Gasteiger partial charge < -0.3 is 15.0 Å². The zero-order valence-electron chi connectivity index (χ0n) is 11.8. The highest BCUT2D eigenvalue weighted by Gasteiger charge is 2.24. The molecule has 0 spiro atoms. The molecule has 1 aliphatic heterocycles. The van der Waals surface area contributed by atoms with Crippen molar-refractivity contribution in [3.8, 4) is 5.75 Å². The number of rotatable bonds is 5. The van der Waals surface area contributed by atoms with Crippen LogP contribution in [-0.4, -0.2) is 26.6 Å². The molecule has 112 valence electrons. The Kier molecular flexibility index (Phi) is 4.51. The van der Waals surface area contributed by atoms with Gasteiger partial charge in [0.2, 0.25) is 0 Å². The molecule has 0 bridgehead atoms. The molecule has 0 aliphatic carbocycles. The monoisotopic (exact) mass is 368 g/mol. The fourth-order valence-electron chi connectivity index (χ4n) is 2.44. The Labute approximate surface area is 136 Å². The summed E-state index contributed by atoms with van der Waals surface area (Å²) >= 11 is 5.17. The van der Waals surface area contributed by atoms with Crippen LogP contribution in [0, 0.1) is 0 Å². The van der Waals surface area contributed by atoms with Gasteiger partial charge in [-0.3, -0.25) is 0 Å². The Balaban J connectivity index is 1.64. The predicted octanol–water partition coefficient (Wildman–Crippen LogP) is 2.62. The lowest BCUT2D eigenvalue weighted by Gasteiger charge is -2.10. The highest BCUT2D eigenvalue weighted by Crippen LogP contribution is 2.33. The van der Waals surface area contributed by atoms with E-state index in [2.05, 4.69) is 43.7 Å². The highest BCUT2D eigenvalue weighted by atomic mass is 79.9. The third-order valence-electron chi connectivity index (χ3n) is 3.45. The number of aromatic nitrogens is 3. The molecule has 7 heteroatoms. The maximum atomic E-state index is 5.97. The first-order valence-corrected chi connectivity index (χ1v) is 8.69. The molecule has 1 unspecified atom stereocenters. The van der Waals surface area contributed by atoms with Crippen LogP contribution in [0.4, 0.5) is 0 Å². The summed E-state index contributed by atoms with van der Waals surface area (Å²) in [5.41, 5.74) is 6.93. The molecule has 1 aromatic carbocycles. The number of ether oxygens (including phenoxy) is 1. The van der Waals surface area contributed by atoms with Gasteiger partial charge in [0.1, 0.15) is 17.7 Å². The van der Waals surface area contributed by atoms with Crippen LogP contribution in [0.1, 0.15) is 18.3 Å². The second kappa shape index (κ2) is 6.37. The minimum Gasteiger partial charge on any atom is -0.489 e. The maximum absolute atomic E-state index is 5.97. The van der Waals surface area contributed by atoms with Gasteiger partial charge in [0.15, 0.2) is 5.16 Å². The zero-order valence-corrected chi connectivity index (χ0v) is 14.2. The van der Waals surface area contributed by atoms with Crippen LogP contribution in [-0.2, 0) is 19.5 Å². The Morgan fingerprint density at radius 2 is 2.33 bits per heavy atom. The molecule has 21 heavy (non-hydrogen) atoms. The van der Waals surface area contributed by atoms with Crippen molar-refractivity contribution < 1.29 is 4.74 Å². The van der Waals surface area contributed by atoms with Crippen LogP contribution in [0.15, 0.2) is 27.8 Å². The van der Waals surface area contributed by atoms with Crippen molar-refractivity contribution in [1.29, 1.82) is 0 Å². The fraction of sp³-hybridized carbons (Fsp3) is 0.429. The van der Waals surface area contributed by atoms with E-state index in [0.29, 0.717) is 6.54 Å². The van der Waals surface area contributed by atoms with Gasteiger partial charge in [-0.05, 0) is 30.7 Å². The van der Waals surface area contributed by atoms with Crippen molar-refractivity contribution in [1.82, 2.24) is 14.8 Å². The second-order valence-electron chi connectivity index (χ2n) is 4.85. The van der Waals surface area contributed by atoms with Crippen LogP contribution in [0.25, 0.3) is 0 Å². The molecular weight excluding hydrogens is 352 g/mol. The lowest BCUT2D eigenvalue weighted by atomic mass is 10.1. The minimum atomic E-state index is 0.183. The molecule has 1 aromatic heterocycles. The summed E-state index contributed by atoms with van der Waals surface area (Å²) < 4.78 is 9.12. The van der Waals surface area contributed by atoms with Gasteiger partial charge in [-0.15, -0.1) is 10.2 Å². The first-order chi connectivity index (χ1) is 10.2. The van der Waals surface area contributed by atoms with Crippen molar-refractivity contribution >= 4 is 27.7 Å². The van der Waals surface area contributed by atoms with Crippen molar-refractivity contribution in [2.75, 3.05) is 5.75 Å². The second-order valence-corrected chi connectivity index (χ2v) is 6.76. The molecule has 1 aliphatic rings. The smallest absolute Gasteiger partial charge is 0.191 e. The third kappa shape index (κ3) is 3.09. The van der Waals surface area contributed by atoms with Gasteiger partial charge in [-0.1, -0.05) is 27.7 Å². The van der Waals surface area contributed by atoms with E-state index in [-0.39, 0.29) is 6.10 Å². The molecule has 0 saturated carbocycles. The van der Waals surface area contributed by atoms with E-state index in [0.717, 1.165) is 39.9 Å². The van der Waals surface area contributed by atoms with Gasteiger partial charge in [0.05, 0.1) is 6.54 Å². The van der Waals surface area contributed by atoms with Crippen molar-refractivity contribution in [3.63, 3.8) is 0 Å². The standard InChI is InChI=1S/C14H17BrN4OS/c1-2-19-13(7-16)17-18-14(19)21-8-11-6-9-5-10(15)3-4-12(9)20-11/h3-5,11H,2,6-8,16H2,1H3. The van der Waals surface area contributed by atoms with Gasteiger partial charge in [0.25, 0.3) is 0 Å². The molecule has 2 N–H and O–H groups in total. The van der Waals surface area contributed by atoms with Gasteiger partial charge >= 0.3 is 0 Å². The quantitative estimate of drug-likeness (QED) is 0.821. The Hall–Kier alpha value is -1.05. The summed E-state index contributed by atoms with van der Waals surface area (Å²) in [6, 6.07) is 6.15. The van der Waals surface area contributed by atoms with E-state index in [1.165, 1.54) is 5.56 Å². The van der Waals surface area contributed by atoms with Crippen LogP contribution in [0.5, 0.6) is 5.75 Å². The molecule has 0 radical (unpaired) electrons. The van der Waals surface area contributed by atoms with E-state index < -0.39 is 0 Å². The van der Waals surface area contributed by atoms with Crippen molar-refractivity contribution in [2.45, 2.75) is 37.7 Å². The molecule has 0 saturated heterocycles. The number of hydrogen-bond donors (Lipinski definition) is 1. The average molecular weight is 369 g/mol. The van der Waals surface area contributed by atoms with Crippen molar-refractivity contribution in [3.05, 3.63) is 34.1 Å². The number of nitrogens with zero attached hydrogens (tertiary/aromatic N) is 3. The summed E-state index contributed by atoms with van der Waals surface area (Å²) in [4.78, 5) is 0. The average Bonchev–Trinajstić information content (AvgIpc) is 3.06. The molecule has 5 nitrogen and oxygen atoms in total. The van der Waals surface area contributed by atoms with Gasteiger partial charge in [0, 0.05) is 23.2 Å². The summed E-state index contributed by atoms with van der Waals surface area (Å²) in [7, 11) is 0. The molecule has 0 amide bonds. The van der Waals surface area contributed by atoms with E-state index in [9.17, 15) is 0 Å². The Morgan fingerprint density at radius 3 is 3.10 bits per heavy atom. The zero-order chi connectivity index (χ0) is 14.8. The minimum absolute atomic E-state index is 0.183. The predicted molar refractivity (Wildman–Crippen MR) is 86.6 cm³/mol. The molecule has 2 heterocycles. The summed E-state index contributed by atoms with van der Waals surface area (Å²) in [6.07, 6.45) is 1.12. The van der Waals surface area contributed by atoms with Crippen LogP contribution in [0.3, 0.4) is 0 Å². The topological polar surface area (TPSA) is 66.0 Å². The highest BCUT2D eigenvalue weighted by molar-refractivity contribution is 9.10. The lowest BCUT2D eigenvalue weighted by molar-refractivity contribution is 0.259. The number of nitrogens with two attached hydrogens (primary N) is 1. The molecule has 3 rings (SSSR count). The van der Waals surface area contributed by atoms with E-state index in [1.54, 1.807) is 11.8 Å². The first-order valence-electron chi connectivity index (χ1n) is 6.91. The summed E-state index contributed by atoms with van der Waals surface area (Å²) in [5.74, 6) is 2.68. The number of halogens is 1. The third-order valence-corrected chi connectivity index (χ3v) is 5.05. The molecule has 0 fully saturated rings. The van der Waals surface area contributed by atoms with Crippen LogP contribution in [0.2, 0.25) is 0 Å². The lowest BCUT2D eigenvalue weighted by Crippen LogP contribution is -2.16. The summed E-state index contributed by atoms with van der Waals surface area (Å²) in [5, 5.41) is 9.25. The normalized spacial score (nSPS) is 16.8. The van der Waals surface area contributed by atoms with E-state index in [4.69, 9.17) is 10.5 Å². The Bertz CT molecular complexity index is 646. The molecule has 2 aromatic rings.